The van der Waals surface area contributed by atoms with E-state index in [9.17, 15) is 14.3 Å². The Bertz CT molecular complexity index is 492. The molecule has 0 bridgehead atoms. The highest BCUT2D eigenvalue weighted by atomic mass is 19.1. The number of aliphatic hydroxyl groups is 1. The molecule has 0 saturated heterocycles. The van der Waals surface area contributed by atoms with E-state index < -0.39 is 0 Å². The topological polar surface area (TPSA) is 49.3 Å². The Balaban J connectivity index is 1.83. The number of carbonyl (C=O) groups excluding carboxylic acids is 1. The van der Waals surface area contributed by atoms with Crippen molar-refractivity contribution in [1.82, 2.24) is 5.32 Å². The lowest BCUT2D eigenvalue weighted by atomic mass is 9.84. The number of rotatable bonds is 6. The third kappa shape index (κ3) is 4.54. The van der Waals surface area contributed by atoms with E-state index in [4.69, 9.17) is 0 Å². The van der Waals surface area contributed by atoms with Crippen molar-refractivity contribution in [1.29, 1.82) is 0 Å². The molecule has 3 nitrogen and oxygen atoms in total. The first-order valence-electron chi connectivity index (χ1n) is 8.26. The molecule has 4 heteroatoms. The van der Waals surface area contributed by atoms with Crippen LogP contribution >= 0.6 is 0 Å². The molecule has 0 radical (unpaired) electrons. The van der Waals surface area contributed by atoms with Gasteiger partial charge in [0.05, 0.1) is 0 Å². The summed E-state index contributed by atoms with van der Waals surface area (Å²) in [5.41, 5.74) is 0.660. The molecule has 122 valence electrons. The van der Waals surface area contributed by atoms with E-state index in [0.29, 0.717) is 18.4 Å². The van der Waals surface area contributed by atoms with Gasteiger partial charge in [-0.25, -0.2) is 4.39 Å². The average molecular weight is 307 g/mol. The first-order valence-corrected chi connectivity index (χ1v) is 8.26. The van der Waals surface area contributed by atoms with E-state index >= 15 is 0 Å². The molecule has 1 fully saturated rings. The Morgan fingerprint density at radius 2 is 2.09 bits per heavy atom. The van der Waals surface area contributed by atoms with Crippen molar-refractivity contribution >= 4 is 5.91 Å². The summed E-state index contributed by atoms with van der Waals surface area (Å²) in [5, 5.41) is 12.5. The van der Waals surface area contributed by atoms with E-state index in [1.54, 1.807) is 12.1 Å². The molecule has 0 heterocycles. The average Bonchev–Trinajstić information content (AvgIpc) is 2.54. The third-order valence-corrected chi connectivity index (χ3v) is 4.72. The quantitative estimate of drug-likeness (QED) is 0.848. The van der Waals surface area contributed by atoms with Gasteiger partial charge < -0.3 is 10.4 Å². The highest BCUT2D eigenvalue weighted by molar-refractivity contribution is 5.78. The summed E-state index contributed by atoms with van der Waals surface area (Å²) in [6, 6.07) is 6.79. The maximum atomic E-state index is 13.6. The molecule has 1 aromatic rings. The van der Waals surface area contributed by atoms with Gasteiger partial charge in [0.25, 0.3) is 0 Å². The van der Waals surface area contributed by atoms with Crippen LogP contribution in [-0.4, -0.2) is 23.7 Å². The van der Waals surface area contributed by atoms with E-state index in [1.807, 2.05) is 13.0 Å². The van der Waals surface area contributed by atoms with E-state index in [-0.39, 0.29) is 36.2 Å². The number of hydrogen-bond acceptors (Lipinski definition) is 2. The van der Waals surface area contributed by atoms with E-state index in [1.165, 1.54) is 6.07 Å². The van der Waals surface area contributed by atoms with E-state index in [0.717, 1.165) is 25.7 Å². The second-order valence-corrected chi connectivity index (χ2v) is 6.37. The van der Waals surface area contributed by atoms with Gasteiger partial charge in [0.2, 0.25) is 5.91 Å². The second-order valence-electron chi connectivity index (χ2n) is 6.37. The molecular formula is C18H26FNO2. The minimum Gasteiger partial charge on any atom is -0.396 e. The Morgan fingerprint density at radius 3 is 2.82 bits per heavy atom. The molecular weight excluding hydrogens is 281 g/mol. The number of halogens is 1. The fourth-order valence-corrected chi connectivity index (χ4v) is 3.15. The van der Waals surface area contributed by atoms with Crippen LogP contribution in [0.5, 0.6) is 0 Å². The summed E-state index contributed by atoms with van der Waals surface area (Å²) in [4.78, 5) is 12.3. The van der Waals surface area contributed by atoms with Crippen molar-refractivity contribution in [3.63, 3.8) is 0 Å². The van der Waals surface area contributed by atoms with Gasteiger partial charge in [-0.05, 0) is 37.3 Å². The predicted octanol–water partition coefficient (Wildman–Crippen LogP) is 3.06. The summed E-state index contributed by atoms with van der Waals surface area (Å²) in [5.74, 6) is -0.165. The largest absolute Gasteiger partial charge is 0.396 e. The van der Waals surface area contributed by atoms with Crippen LogP contribution in [0.4, 0.5) is 4.39 Å². The highest BCUT2D eigenvalue weighted by Crippen LogP contribution is 2.24. The monoisotopic (exact) mass is 307 g/mol. The molecule has 22 heavy (non-hydrogen) atoms. The lowest BCUT2D eigenvalue weighted by Crippen LogP contribution is -2.45. The minimum atomic E-state index is -0.206. The summed E-state index contributed by atoms with van der Waals surface area (Å²) in [6.07, 6.45) is 5.34. The van der Waals surface area contributed by atoms with Crippen LogP contribution in [-0.2, 0) is 11.2 Å². The zero-order chi connectivity index (χ0) is 15.9. The Labute approximate surface area is 131 Å². The van der Waals surface area contributed by atoms with Gasteiger partial charge in [-0.15, -0.1) is 0 Å². The Morgan fingerprint density at radius 1 is 1.36 bits per heavy atom. The van der Waals surface area contributed by atoms with Crippen molar-refractivity contribution in [2.45, 2.75) is 51.5 Å². The van der Waals surface area contributed by atoms with Gasteiger partial charge >= 0.3 is 0 Å². The van der Waals surface area contributed by atoms with Gasteiger partial charge in [0.15, 0.2) is 0 Å². The summed E-state index contributed by atoms with van der Waals surface area (Å²) >= 11 is 0. The molecule has 2 rings (SSSR count). The molecule has 0 aromatic heterocycles. The molecule has 1 aromatic carbocycles. The first kappa shape index (κ1) is 16.9. The van der Waals surface area contributed by atoms with Crippen molar-refractivity contribution in [3.8, 4) is 0 Å². The molecule has 3 unspecified atom stereocenters. The molecule has 2 N–H and O–H groups in total. The number of hydrogen-bond donors (Lipinski definition) is 2. The minimum absolute atomic E-state index is 0.0155. The standard InChI is InChI=1S/C18H26FNO2/c1-13(10-11-14-6-2-4-8-16(14)19)18(22)20-17-9-5-3-7-15(17)12-21/h2,4,6,8,13,15,17,21H,3,5,7,9-12H2,1H3,(H,20,22). The maximum Gasteiger partial charge on any atom is 0.223 e. The summed E-state index contributed by atoms with van der Waals surface area (Å²) < 4.78 is 13.6. The highest BCUT2D eigenvalue weighted by Gasteiger charge is 2.27. The zero-order valence-electron chi connectivity index (χ0n) is 13.2. The first-order chi connectivity index (χ1) is 10.6. The Kier molecular flexibility index (Phi) is 6.37. The number of benzene rings is 1. The Hall–Kier alpha value is -1.42. The SMILES string of the molecule is CC(CCc1ccccc1F)C(=O)NC1CCCCC1CO. The molecule has 1 aliphatic rings. The number of carbonyl (C=O) groups is 1. The van der Waals surface area contributed by atoms with Gasteiger partial charge in [-0.3, -0.25) is 4.79 Å². The number of amides is 1. The number of aliphatic hydroxyl groups excluding tert-OH is 1. The number of nitrogens with one attached hydrogen (secondary N) is 1. The molecule has 1 saturated carbocycles. The van der Waals surface area contributed by atoms with Crippen LogP contribution in [0.25, 0.3) is 0 Å². The molecule has 3 atom stereocenters. The third-order valence-electron chi connectivity index (χ3n) is 4.72. The lowest BCUT2D eigenvalue weighted by molar-refractivity contribution is -0.126. The van der Waals surface area contributed by atoms with Crippen LogP contribution in [0.15, 0.2) is 24.3 Å². The maximum absolute atomic E-state index is 13.6. The van der Waals surface area contributed by atoms with Gasteiger partial charge in [-0.1, -0.05) is 38.0 Å². The lowest BCUT2D eigenvalue weighted by Gasteiger charge is -2.31. The molecule has 0 aliphatic heterocycles. The summed E-state index contributed by atoms with van der Waals surface area (Å²) in [6.45, 7) is 2.02. The zero-order valence-corrected chi connectivity index (χ0v) is 13.2. The summed E-state index contributed by atoms with van der Waals surface area (Å²) in [7, 11) is 0. The van der Waals surface area contributed by atoms with Gasteiger partial charge in [-0.2, -0.15) is 0 Å². The molecule has 1 amide bonds. The fraction of sp³-hybridized carbons (Fsp3) is 0.611. The smallest absolute Gasteiger partial charge is 0.223 e. The number of aryl methyl sites for hydroxylation is 1. The normalized spacial score (nSPS) is 23.0. The van der Waals surface area contributed by atoms with Crippen LogP contribution in [0.2, 0.25) is 0 Å². The van der Waals surface area contributed by atoms with Crippen molar-refractivity contribution < 1.29 is 14.3 Å². The van der Waals surface area contributed by atoms with Crippen molar-refractivity contribution in [2.24, 2.45) is 11.8 Å². The second kappa shape index (κ2) is 8.28. The van der Waals surface area contributed by atoms with Crippen LogP contribution in [0.3, 0.4) is 0 Å². The van der Waals surface area contributed by atoms with Gasteiger partial charge in [0, 0.05) is 24.5 Å². The van der Waals surface area contributed by atoms with Gasteiger partial charge in [0.1, 0.15) is 5.82 Å². The fourth-order valence-electron chi connectivity index (χ4n) is 3.15. The van der Waals surface area contributed by atoms with Crippen molar-refractivity contribution in [2.75, 3.05) is 6.61 Å². The van der Waals surface area contributed by atoms with Crippen molar-refractivity contribution in [3.05, 3.63) is 35.6 Å². The van der Waals surface area contributed by atoms with E-state index in [2.05, 4.69) is 5.32 Å². The van der Waals surface area contributed by atoms with Crippen LogP contribution < -0.4 is 5.32 Å². The van der Waals surface area contributed by atoms with Crippen LogP contribution in [0.1, 0.15) is 44.6 Å². The van der Waals surface area contributed by atoms with Crippen LogP contribution in [0, 0.1) is 17.7 Å². The molecule has 0 spiro atoms. The predicted molar refractivity (Wildman–Crippen MR) is 84.9 cm³/mol. The molecule has 1 aliphatic carbocycles.